The zero-order valence-corrected chi connectivity index (χ0v) is 6.55. The Labute approximate surface area is 72.0 Å². The van der Waals surface area contributed by atoms with E-state index in [4.69, 9.17) is 11.5 Å². The zero-order valence-electron chi connectivity index (χ0n) is 6.55. The highest BCUT2D eigenvalue weighted by Gasteiger charge is 1.90. The van der Waals surface area contributed by atoms with Gasteiger partial charge in [-0.05, 0) is 11.8 Å². The van der Waals surface area contributed by atoms with Crippen LogP contribution in [-0.2, 0) is 4.79 Å². The minimum atomic E-state index is -0.846. The van der Waals surface area contributed by atoms with E-state index in [9.17, 15) is 4.79 Å². The van der Waals surface area contributed by atoms with E-state index in [1.807, 2.05) is 0 Å². The van der Waals surface area contributed by atoms with Crippen molar-refractivity contribution >= 4 is 5.97 Å². The summed E-state index contributed by atoms with van der Waals surface area (Å²) >= 11 is 0. The quantitative estimate of drug-likeness (QED) is 0.609. The second-order valence-corrected chi connectivity index (χ2v) is 1.88. The van der Waals surface area contributed by atoms with E-state index >= 15 is 0 Å². The van der Waals surface area contributed by atoms with Crippen molar-refractivity contribution in [3.63, 3.8) is 0 Å². The fraction of sp³-hybridized carbons (Fsp3) is 0.300. The first-order valence-corrected chi connectivity index (χ1v) is 3.38. The summed E-state index contributed by atoms with van der Waals surface area (Å²) in [7, 11) is 0. The van der Waals surface area contributed by atoms with Gasteiger partial charge in [0, 0.05) is 6.42 Å². The van der Waals surface area contributed by atoms with E-state index in [0.29, 0.717) is 12.8 Å². The Morgan fingerprint density at radius 1 is 1.33 bits per heavy atom. The lowest BCUT2D eigenvalue weighted by Gasteiger charge is -1.80. The Hall–Kier alpha value is -1.85. The maximum atomic E-state index is 10.0. The van der Waals surface area contributed by atoms with Crippen LogP contribution in [0.3, 0.4) is 0 Å². The van der Waals surface area contributed by atoms with E-state index in [0.717, 1.165) is 0 Å². The van der Waals surface area contributed by atoms with Gasteiger partial charge in [0.05, 0.1) is 12.8 Å². The molecule has 2 nitrogen and oxygen atoms in total. The lowest BCUT2D eigenvalue weighted by atomic mass is 10.3. The minimum absolute atomic E-state index is 0.0593. The molecule has 0 atom stereocenters. The average molecular weight is 160 g/mol. The van der Waals surface area contributed by atoms with Crippen molar-refractivity contribution in [3.05, 3.63) is 0 Å². The maximum Gasteiger partial charge on any atom is 0.304 e. The molecule has 2 heteroatoms. The molecule has 12 heavy (non-hydrogen) atoms. The fourth-order valence-electron chi connectivity index (χ4n) is 0.416. The summed E-state index contributed by atoms with van der Waals surface area (Å²) in [6.07, 6.45) is 5.71. The highest BCUT2D eigenvalue weighted by atomic mass is 16.4. The van der Waals surface area contributed by atoms with Gasteiger partial charge < -0.3 is 5.11 Å². The van der Waals surface area contributed by atoms with Crippen molar-refractivity contribution in [3.8, 4) is 36.0 Å². The number of aliphatic carboxylic acids is 1. The highest BCUT2D eigenvalue weighted by molar-refractivity contribution is 5.67. The van der Waals surface area contributed by atoms with Crippen LogP contribution >= 0.6 is 0 Å². The summed E-state index contributed by atoms with van der Waals surface area (Å²) in [5, 5.41) is 8.22. The fourth-order valence-corrected chi connectivity index (χ4v) is 0.416. The minimum Gasteiger partial charge on any atom is -0.481 e. The Balaban J connectivity index is 3.57. The first-order valence-electron chi connectivity index (χ1n) is 3.38. The van der Waals surface area contributed by atoms with Gasteiger partial charge in [-0.15, -0.1) is 6.42 Å². The van der Waals surface area contributed by atoms with Crippen LogP contribution in [0.25, 0.3) is 0 Å². The van der Waals surface area contributed by atoms with Gasteiger partial charge in [-0.25, -0.2) is 0 Å². The van der Waals surface area contributed by atoms with Crippen molar-refractivity contribution in [2.75, 3.05) is 0 Å². The van der Waals surface area contributed by atoms with Gasteiger partial charge in [-0.3, -0.25) is 4.79 Å². The van der Waals surface area contributed by atoms with Crippen LogP contribution in [0.1, 0.15) is 19.3 Å². The first kappa shape index (κ1) is 10.2. The largest absolute Gasteiger partial charge is 0.481 e. The normalized spacial score (nSPS) is 6.58. The summed E-state index contributed by atoms with van der Waals surface area (Å²) in [6.45, 7) is 0. The number of carboxylic acids is 1. The number of hydrogen-bond acceptors (Lipinski definition) is 1. The number of carbonyl (C=O) groups is 1. The molecule has 0 spiro atoms. The van der Waals surface area contributed by atoms with Gasteiger partial charge in [0.2, 0.25) is 0 Å². The predicted octanol–water partition coefficient (Wildman–Crippen LogP) is 0.881. The van der Waals surface area contributed by atoms with Crippen molar-refractivity contribution in [1.29, 1.82) is 0 Å². The van der Waals surface area contributed by atoms with E-state index in [2.05, 4.69) is 29.6 Å². The number of rotatable bonds is 2. The molecule has 0 saturated carbocycles. The van der Waals surface area contributed by atoms with Gasteiger partial charge in [0.15, 0.2) is 0 Å². The van der Waals surface area contributed by atoms with Crippen molar-refractivity contribution in [1.82, 2.24) is 0 Å². The van der Waals surface area contributed by atoms with Crippen molar-refractivity contribution in [2.24, 2.45) is 0 Å². The van der Waals surface area contributed by atoms with Crippen LogP contribution in [0.2, 0.25) is 0 Å². The van der Waals surface area contributed by atoms with Crippen molar-refractivity contribution in [2.45, 2.75) is 19.3 Å². The molecule has 0 aromatic rings. The molecule has 0 bridgehead atoms. The summed E-state index contributed by atoms with van der Waals surface area (Å²) in [4.78, 5) is 10.0. The standard InChI is InChI=1S/C10H8O2/c1-2-3-4-5-6-7-8-9-10(11)12/h1H,3,8-9H2,(H,11,12). The third-order valence-electron chi connectivity index (χ3n) is 0.894. The molecule has 60 valence electrons. The zero-order chi connectivity index (χ0) is 9.23. The summed E-state index contributed by atoms with van der Waals surface area (Å²) in [6, 6.07) is 0. The molecule has 0 heterocycles. The highest BCUT2D eigenvalue weighted by Crippen LogP contribution is 1.84. The molecule has 0 saturated heterocycles. The SMILES string of the molecule is C#CCC#CC#CCCC(=O)O. The van der Waals surface area contributed by atoms with Crippen molar-refractivity contribution < 1.29 is 9.90 Å². The van der Waals surface area contributed by atoms with E-state index in [-0.39, 0.29) is 6.42 Å². The third-order valence-corrected chi connectivity index (χ3v) is 0.894. The van der Waals surface area contributed by atoms with Gasteiger partial charge >= 0.3 is 5.97 Å². The number of carboxylic acid groups (broad SMARTS) is 1. The van der Waals surface area contributed by atoms with Crippen LogP contribution in [0.15, 0.2) is 0 Å². The molecular weight excluding hydrogens is 152 g/mol. The Bertz CT molecular complexity index is 299. The van der Waals surface area contributed by atoms with Gasteiger partial charge in [-0.2, -0.15) is 0 Å². The third kappa shape index (κ3) is 8.15. The Kier molecular flexibility index (Phi) is 6.14. The molecule has 0 rings (SSSR count). The molecular formula is C10H8O2. The maximum absolute atomic E-state index is 10.0. The van der Waals surface area contributed by atoms with E-state index < -0.39 is 5.97 Å². The molecule has 0 radical (unpaired) electrons. The molecule has 0 aliphatic rings. The first-order chi connectivity index (χ1) is 5.77. The summed E-state index contributed by atoms with van der Waals surface area (Å²) < 4.78 is 0. The number of terminal acetylenes is 1. The second kappa shape index (κ2) is 7.26. The van der Waals surface area contributed by atoms with Crippen LogP contribution in [0.5, 0.6) is 0 Å². The lowest BCUT2D eigenvalue weighted by Crippen LogP contribution is -1.91. The number of hydrogen-bond donors (Lipinski definition) is 1. The topological polar surface area (TPSA) is 37.3 Å². The van der Waals surface area contributed by atoms with Crippen LogP contribution in [-0.4, -0.2) is 11.1 Å². The van der Waals surface area contributed by atoms with Gasteiger partial charge in [0.1, 0.15) is 0 Å². The summed E-state index contributed by atoms with van der Waals surface area (Å²) in [5.74, 6) is 11.7. The molecule has 0 amide bonds. The Morgan fingerprint density at radius 3 is 2.58 bits per heavy atom. The van der Waals surface area contributed by atoms with Crippen LogP contribution in [0, 0.1) is 36.0 Å². The smallest absolute Gasteiger partial charge is 0.304 e. The molecule has 0 fully saturated rings. The van der Waals surface area contributed by atoms with Gasteiger partial charge in [-0.1, -0.05) is 17.8 Å². The Morgan fingerprint density at radius 2 is 2.00 bits per heavy atom. The molecule has 0 aromatic heterocycles. The average Bonchev–Trinajstić information content (AvgIpc) is 2.02. The van der Waals surface area contributed by atoms with Crippen LogP contribution in [0.4, 0.5) is 0 Å². The molecule has 0 aliphatic heterocycles. The summed E-state index contributed by atoms with van der Waals surface area (Å²) in [5.41, 5.74) is 0. The molecule has 0 unspecified atom stereocenters. The molecule has 0 aromatic carbocycles. The lowest BCUT2D eigenvalue weighted by molar-refractivity contribution is -0.136. The van der Waals surface area contributed by atoms with Crippen LogP contribution < -0.4 is 0 Å². The molecule has 0 aliphatic carbocycles. The second-order valence-electron chi connectivity index (χ2n) is 1.88. The van der Waals surface area contributed by atoms with E-state index in [1.54, 1.807) is 0 Å². The predicted molar refractivity (Wildman–Crippen MR) is 45.9 cm³/mol. The molecule has 1 N–H and O–H groups in total. The van der Waals surface area contributed by atoms with Gasteiger partial charge in [0.25, 0.3) is 0 Å². The van der Waals surface area contributed by atoms with E-state index in [1.165, 1.54) is 0 Å². The monoisotopic (exact) mass is 160 g/mol.